The summed E-state index contributed by atoms with van der Waals surface area (Å²) in [4.78, 5) is 19.7. The summed E-state index contributed by atoms with van der Waals surface area (Å²) in [5.74, 6) is 0.654. The second-order valence-electron chi connectivity index (χ2n) is 3.74. The maximum absolute atomic E-state index is 11.5. The Balaban J connectivity index is 2.21. The molecule has 0 aromatic carbocycles. The first kappa shape index (κ1) is 12.0. The topological polar surface area (TPSA) is 57.8 Å². The fourth-order valence-corrected chi connectivity index (χ4v) is 2.19. The predicted octanol–water partition coefficient (Wildman–Crippen LogP) is 2.00. The first-order chi connectivity index (χ1) is 8.29. The molecule has 0 radical (unpaired) electrons. The molecular weight excluding hydrogens is 234 g/mol. The number of nitrogens with one attached hydrogen (secondary N) is 2. The minimum Gasteiger partial charge on any atom is -0.311 e. The lowest BCUT2D eigenvalue weighted by atomic mass is 10.3. The molecule has 0 fully saturated rings. The molecule has 2 N–H and O–H groups in total. The van der Waals surface area contributed by atoms with Crippen LogP contribution in [0.2, 0.25) is 0 Å². The van der Waals surface area contributed by atoms with E-state index in [0.29, 0.717) is 12.4 Å². The van der Waals surface area contributed by atoms with Gasteiger partial charge in [0.25, 0.3) is 5.56 Å². The highest BCUT2D eigenvalue weighted by Gasteiger charge is 2.04. The van der Waals surface area contributed by atoms with Crippen molar-refractivity contribution in [3.8, 4) is 10.7 Å². The monoisotopic (exact) mass is 249 g/mol. The van der Waals surface area contributed by atoms with E-state index in [1.54, 1.807) is 17.4 Å². The first-order valence-electron chi connectivity index (χ1n) is 5.64. The number of rotatable bonds is 5. The summed E-state index contributed by atoms with van der Waals surface area (Å²) in [6.07, 6.45) is 1.07. The molecule has 2 rings (SSSR count). The zero-order chi connectivity index (χ0) is 12.1. The van der Waals surface area contributed by atoms with Crippen LogP contribution in [0.4, 0.5) is 0 Å². The standard InChI is InChI=1S/C12H15N3OS/c1-2-5-13-8-9-7-11(16)15-12(14-9)10-4-3-6-17-10/h3-4,6-7,13H,2,5,8H2,1H3,(H,14,15,16). The Labute approximate surface area is 104 Å². The molecule has 5 heteroatoms. The molecule has 0 saturated carbocycles. The molecule has 2 heterocycles. The quantitative estimate of drug-likeness (QED) is 0.797. The van der Waals surface area contributed by atoms with Crippen molar-refractivity contribution in [2.24, 2.45) is 0 Å². The summed E-state index contributed by atoms with van der Waals surface area (Å²) in [7, 11) is 0. The van der Waals surface area contributed by atoms with Gasteiger partial charge in [0.1, 0.15) is 0 Å². The van der Waals surface area contributed by atoms with Crippen LogP contribution in [-0.4, -0.2) is 16.5 Å². The van der Waals surface area contributed by atoms with Gasteiger partial charge in [-0.3, -0.25) is 4.79 Å². The van der Waals surface area contributed by atoms with Crippen molar-refractivity contribution in [2.75, 3.05) is 6.54 Å². The normalized spacial score (nSPS) is 10.6. The van der Waals surface area contributed by atoms with Crippen LogP contribution in [0.15, 0.2) is 28.4 Å². The number of thiophene rings is 1. The van der Waals surface area contributed by atoms with E-state index in [2.05, 4.69) is 22.2 Å². The number of hydrogen-bond acceptors (Lipinski definition) is 4. The highest BCUT2D eigenvalue weighted by Crippen LogP contribution is 2.19. The summed E-state index contributed by atoms with van der Waals surface area (Å²) in [5, 5.41) is 5.21. The molecular formula is C12H15N3OS. The molecule has 2 aromatic heterocycles. The zero-order valence-corrected chi connectivity index (χ0v) is 10.5. The Kier molecular flexibility index (Phi) is 4.06. The van der Waals surface area contributed by atoms with Crippen LogP contribution in [0, 0.1) is 0 Å². The van der Waals surface area contributed by atoms with Crippen LogP contribution in [0.1, 0.15) is 19.0 Å². The summed E-state index contributed by atoms with van der Waals surface area (Å²) < 4.78 is 0. The second-order valence-corrected chi connectivity index (χ2v) is 4.69. The minimum absolute atomic E-state index is 0.100. The van der Waals surface area contributed by atoms with E-state index in [9.17, 15) is 4.79 Å². The Hall–Kier alpha value is -1.46. The number of aromatic nitrogens is 2. The summed E-state index contributed by atoms with van der Waals surface area (Å²) in [5.41, 5.74) is 0.683. The minimum atomic E-state index is -0.100. The molecule has 0 aliphatic rings. The largest absolute Gasteiger partial charge is 0.311 e. The van der Waals surface area contributed by atoms with Gasteiger partial charge in [0, 0.05) is 12.6 Å². The molecule has 0 amide bonds. The van der Waals surface area contributed by atoms with Crippen LogP contribution >= 0.6 is 11.3 Å². The van der Waals surface area contributed by atoms with Gasteiger partial charge < -0.3 is 10.3 Å². The number of hydrogen-bond donors (Lipinski definition) is 2. The van der Waals surface area contributed by atoms with Crippen LogP contribution in [0.5, 0.6) is 0 Å². The third-order valence-electron chi connectivity index (χ3n) is 2.28. The molecule has 90 valence electrons. The Morgan fingerprint density at radius 3 is 3.12 bits per heavy atom. The number of H-pyrrole nitrogens is 1. The third-order valence-corrected chi connectivity index (χ3v) is 3.16. The van der Waals surface area contributed by atoms with Gasteiger partial charge in [0.05, 0.1) is 10.6 Å². The maximum atomic E-state index is 11.5. The van der Waals surface area contributed by atoms with Crippen molar-refractivity contribution in [3.63, 3.8) is 0 Å². The molecule has 17 heavy (non-hydrogen) atoms. The van der Waals surface area contributed by atoms with Crippen LogP contribution in [0.25, 0.3) is 10.7 Å². The van der Waals surface area contributed by atoms with E-state index in [1.165, 1.54) is 0 Å². The molecule has 0 aliphatic carbocycles. The molecule has 0 aliphatic heterocycles. The van der Waals surface area contributed by atoms with Gasteiger partial charge in [-0.25, -0.2) is 4.98 Å². The van der Waals surface area contributed by atoms with Crippen molar-refractivity contribution >= 4 is 11.3 Å². The highest BCUT2D eigenvalue weighted by atomic mass is 32.1. The van der Waals surface area contributed by atoms with Crippen LogP contribution in [0.3, 0.4) is 0 Å². The summed E-state index contributed by atoms with van der Waals surface area (Å²) in [6, 6.07) is 5.44. The predicted molar refractivity (Wildman–Crippen MR) is 70.2 cm³/mol. The lowest BCUT2D eigenvalue weighted by Crippen LogP contribution is -2.18. The van der Waals surface area contributed by atoms with Gasteiger partial charge in [0.2, 0.25) is 0 Å². The van der Waals surface area contributed by atoms with E-state index in [0.717, 1.165) is 23.5 Å². The van der Waals surface area contributed by atoms with E-state index < -0.39 is 0 Å². The molecule has 4 nitrogen and oxygen atoms in total. The molecule has 0 bridgehead atoms. The van der Waals surface area contributed by atoms with Gasteiger partial charge in [-0.05, 0) is 24.4 Å². The maximum Gasteiger partial charge on any atom is 0.251 e. The fourth-order valence-electron chi connectivity index (χ4n) is 1.52. The van der Waals surface area contributed by atoms with Crippen molar-refractivity contribution < 1.29 is 0 Å². The summed E-state index contributed by atoms with van der Waals surface area (Å²) >= 11 is 1.57. The average molecular weight is 249 g/mol. The average Bonchev–Trinajstić information content (AvgIpc) is 2.82. The Morgan fingerprint density at radius 1 is 1.53 bits per heavy atom. The lowest BCUT2D eigenvalue weighted by Gasteiger charge is -2.04. The van der Waals surface area contributed by atoms with Crippen molar-refractivity contribution in [1.29, 1.82) is 0 Å². The van der Waals surface area contributed by atoms with Crippen LogP contribution < -0.4 is 10.9 Å². The van der Waals surface area contributed by atoms with Gasteiger partial charge in [-0.15, -0.1) is 11.3 Å². The van der Waals surface area contributed by atoms with E-state index in [-0.39, 0.29) is 5.56 Å². The first-order valence-corrected chi connectivity index (χ1v) is 6.52. The molecule has 0 saturated heterocycles. The molecule has 0 spiro atoms. The summed E-state index contributed by atoms with van der Waals surface area (Å²) in [6.45, 7) is 3.67. The van der Waals surface area contributed by atoms with E-state index in [1.807, 2.05) is 17.5 Å². The van der Waals surface area contributed by atoms with E-state index in [4.69, 9.17) is 0 Å². The zero-order valence-electron chi connectivity index (χ0n) is 9.69. The molecule has 2 aromatic rings. The second kappa shape index (κ2) is 5.75. The Morgan fingerprint density at radius 2 is 2.41 bits per heavy atom. The van der Waals surface area contributed by atoms with Crippen molar-refractivity contribution in [1.82, 2.24) is 15.3 Å². The van der Waals surface area contributed by atoms with Crippen LogP contribution in [-0.2, 0) is 6.54 Å². The third kappa shape index (κ3) is 3.25. The van der Waals surface area contributed by atoms with Gasteiger partial charge >= 0.3 is 0 Å². The van der Waals surface area contributed by atoms with Crippen molar-refractivity contribution in [3.05, 3.63) is 39.6 Å². The highest BCUT2D eigenvalue weighted by molar-refractivity contribution is 7.13. The Bertz CT molecular complexity index is 519. The smallest absolute Gasteiger partial charge is 0.251 e. The number of nitrogens with zero attached hydrogens (tertiary/aromatic N) is 1. The van der Waals surface area contributed by atoms with Gasteiger partial charge in [0.15, 0.2) is 5.82 Å². The van der Waals surface area contributed by atoms with Gasteiger partial charge in [-0.2, -0.15) is 0 Å². The fraction of sp³-hybridized carbons (Fsp3) is 0.333. The lowest BCUT2D eigenvalue weighted by molar-refractivity contribution is 0.663. The van der Waals surface area contributed by atoms with Gasteiger partial charge in [-0.1, -0.05) is 13.0 Å². The molecule has 0 unspecified atom stereocenters. The molecule has 0 atom stereocenters. The van der Waals surface area contributed by atoms with E-state index >= 15 is 0 Å². The SMILES string of the molecule is CCCNCc1cc(=O)[nH]c(-c2cccs2)n1. The number of aromatic amines is 1. The van der Waals surface area contributed by atoms with Crippen molar-refractivity contribution in [2.45, 2.75) is 19.9 Å².